The van der Waals surface area contributed by atoms with E-state index in [1.54, 1.807) is 0 Å². The van der Waals surface area contributed by atoms with Crippen LogP contribution in [-0.4, -0.2) is 15.1 Å². The summed E-state index contributed by atoms with van der Waals surface area (Å²) >= 11 is 5.54. The summed E-state index contributed by atoms with van der Waals surface area (Å²) in [6.07, 6.45) is 0.283. The molecule has 8 heteroatoms. The third-order valence-electron chi connectivity index (χ3n) is 3.58. The molecule has 0 N–H and O–H groups in total. The maximum absolute atomic E-state index is 11.6. The van der Waals surface area contributed by atoms with Gasteiger partial charge in [-0.25, -0.2) is 0 Å². The molecule has 0 unspecified atom stereocenters. The predicted molar refractivity (Wildman–Crippen MR) is 78.2 cm³/mol. The zero-order chi connectivity index (χ0) is 16.0. The summed E-state index contributed by atoms with van der Waals surface area (Å²) < 4.78 is 0. The molecule has 0 amide bonds. The van der Waals surface area contributed by atoms with Crippen molar-refractivity contribution >= 4 is 28.2 Å². The molecule has 22 heavy (non-hydrogen) atoms. The number of non-ortho nitro benzene ring substituents is 2. The summed E-state index contributed by atoms with van der Waals surface area (Å²) in [5.74, 6) is 0. The largest absolute Gasteiger partial charge is 0.276 e. The van der Waals surface area contributed by atoms with E-state index in [2.05, 4.69) is 0 Å². The zero-order valence-electron chi connectivity index (χ0n) is 10.9. The summed E-state index contributed by atoms with van der Waals surface area (Å²) in [5.41, 5.74) is 2.09. The number of nitrogens with zero attached hydrogens (tertiary/aromatic N) is 2. The average Bonchev–Trinajstić information content (AvgIpc) is 2.82. The van der Waals surface area contributed by atoms with Crippen LogP contribution >= 0.6 is 11.6 Å². The smallest absolute Gasteiger partial charge is 0.270 e. The van der Waals surface area contributed by atoms with Crippen LogP contribution in [0.3, 0.4) is 0 Å². The molecule has 0 saturated carbocycles. The fourth-order valence-electron chi connectivity index (χ4n) is 2.69. The van der Waals surface area contributed by atoms with Crippen molar-refractivity contribution in [2.45, 2.75) is 6.42 Å². The molecule has 0 bridgehead atoms. The number of nitro groups is 2. The number of carbonyl (C=O) groups excluding carboxylic acids is 1. The van der Waals surface area contributed by atoms with Gasteiger partial charge in [-0.15, -0.1) is 0 Å². The predicted octanol–water partition coefficient (Wildman–Crippen LogP) is 3.45. The number of halogens is 1. The van der Waals surface area contributed by atoms with Gasteiger partial charge in [0.2, 0.25) is 0 Å². The highest BCUT2D eigenvalue weighted by atomic mass is 35.5. The van der Waals surface area contributed by atoms with E-state index in [-0.39, 0.29) is 23.4 Å². The second-order valence-corrected chi connectivity index (χ2v) is 5.18. The van der Waals surface area contributed by atoms with Crippen LogP contribution in [0, 0.1) is 20.2 Å². The topological polar surface area (TPSA) is 103 Å². The van der Waals surface area contributed by atoms with E-state index >= 15 is 0 Å². The van der Waals surface area contributed by atoms with E-state index in [1.165, 1.54) is 24.3 Å². The third-order valence-corrected chi connectivity index (χ3v) is 3.78. The molecule has 1 aliphatic rings. The van der Waals surface area contributed by atoms with E-state index in [0.29, 0.717) is 22.3 Å². The Morgan fingerprint density at radius 3 is 2.23 bits per heavy atom. The minimum atomic E-state index is -0.800. The summed E-state index contributed by atoms with van der Waals surface area (Å²) in [6.45, 7) is 0. The molecule has 2 aromatic carbocycles. The van der Waals surface area contributed by atoms with Crippen molar-refractivity contribution < 1.29 is 14.6 Å². The van der Waals surface area contributed by atoms with Gasteiger partial charge in [0, 0.05) is 29.8 Å². The van der Waals surface area contributed by atoms with Gasteiger partial charge in [0.25, 0.3) is 16.6 Å². The molecule has 0 spiro atoms. The van der Waals surface area contributed by atoms with Gasteiger partial charge in [-0.3, -0.25) is 25.0 Å². The maximum Gasteiger partial charge on any atom is 0.270 e. The molecule has 0 saturated heterocycles. The number of rotatable bonds is 3. The second kappa shape index (κ2) is 4.88. The number of carbonyl (C=O) groups is 1. The quantitative estimate of drug-likeness (QED) is 0.418. The van der Waals surface area contributed by atoms with Crippen LogP contribution in [-0.2, 0) is 6.42 Å². The van der Waals surface area contributed by atoms with Gasteiger partial charge in [-0.05, 0) is 46.3 Å². The Morgan fingerprint density at radius 2 is 1.64 bits per heavy atom. The molecule has 3 rings (SSSR count). The minimum Gasteiger partial charge on any atom is -0.276 e. The van der Waals surface area contributed by atoms with E-state index < -0.39 is 15.1 Å². The Hall–Kier alpha value is -2.80. The lowest BCUT2D eigenvalue weighted by molar-refractivity contribution is -0.385. The summed E-state index contributed by atoms with van der Waals surface area (Å²) in [4.78, 5) is 32.3. The van der Waals surface area contributed by atoms with Gasteiger partial charge >= 0.3 is 0 Å². The van der Waals surface area contributed by atoms with Gasteiger partial charge in [-0.1, -0.05) is 0 Å². The maximum atomic E-state index is 11.6. The van der Waals surface area contributed by atoms with Crippen molar-refractivity contribution in [2.24, 2.45) is 0 Å². The zero-order valence-corrected chi connectivity index (χ0v) is 11.7. The van der Waals surface area contributed by atoms with E-state index in [9.17, 15) is 25.0 Å². The molecule has 0 aliphatic heterocycles. The van der Waals surface area contributed by atoms with Gasteiger partial charge < -0.3 is 0 Å². The van der Waals surface area contributed by atoms with Gasteiger partial charge in [0.1, 0.15) is 0 Å². The van der Waals surface area contributed by atoms with Crippen LogP contribution in [0.2, 0.25) is 0 Å². The molecule has 0 radical (unpaired) electrons. The third kappa shape index (κ3) is 2.11. The van der Waals surface area contributed by atoms with Crippen LogP contribution < -0.4 is 0 Å². The summed E-state index contributed by atoms with van der Waals surface area (Å²) in [6, 6.07) is 6.77. The van der Waals surface area contributed by atoms with Crippen LogP contribution in [0.25, 0.3) is 11.1 Å². The lowest BCUT2D eigenvalue weighted by Crippen LogP contribution is -1.98. The first-order chi connectivity index (χ1) is 10.4. The normalized spacial score (nSPS) is 11.7. The first-order valence-electron chi connectivity index (χ1n) is 6.17. The average molecular weight is 319 g/mol. The Labute approximate surface area is 128 Å². The number of benzene rings is 2. The second-order valence-electron chi connectivity index (χ2n) is 4.83. The first-order valence-corrected chi connectivity index (χ1v) is 6.55. The molecule has 0 aromatic heterocycles. The molecular formula is C14H7ClN2O5. The summed E-state index contributed by atoms with van der Waals surface area (Å²) in [7, 11) is 0. The van der Waals surface area contributed by atoms with Crippen LogP contribution in [0.4, 0.5) is 11.4 Å². The van der Waals surface area contributed by atoms with Gasteiger partial charge in [0.15, 0.2) is 0 Å². The van der Waals surface area contributed by atoms with Crippen molar-refractivity contribution in [2.75, 3.05) is 0 Å². The lowest BCUT2D eigenvalue weighted by Gasteiger charge is -2.06. The molecule has 1 aliphatic carbocycles. The van der Waals surface area contributed by atoms with Crippen molar-refractivity contribution in [3.05, 3.63) is 67.3 Å². The molecular weight excluding hydrogens is 312 g/mol. The fourth-order valence-corrected chi connectivity index (χ4v) is 2.84. The van der Waals surface area contributed by atoms with Crippen LogP contribution in [0.15, 0.2) is 30.3 Å². The Balaban J connectivity index is 2.25. The first kappa shape index (κ1) is 14.2. The Kier molecular flexibility index (Phi) is 3.14. The van der Waals surface area contributed by atoms with Crippen molar-refractivity contribution in [3.8, 4) is 11.1 Å². The van der Waals surface area contributed by atoms with E-state index in [0.717, 1.165) is 6.07 Å². The summed E-state index contributed by atoms with van der Waals surface area (Å²) in [5, 5.41) is 21.0. The number of nitro benzene ring substituents is 2. The molecule has 110 valence electrons. The number of fused-ring (bicyclic) bond motifs is 3. The standard InChI is InChI=1S/C14H7ClN2O5/c15-14(18)12-6-10(17(21)22)5-8-3-7-4-9(16(19)20)1-2-11(7)13(8)12/h1-2,4-6H,3H2. The van der Waals surface area contributed by atoms with Crippen molar-refractivity contribution in [1.29, 1.82) is 0 Å². The molecule has 0 fully saturated rings. The number of hydrogen-bond donors (Lipinski definition) is 0. The van der Waals surface area contributed by atoms with E-state index in [4.69, 9.17) is 11.6 Å². The molecule has 0 heterocycles. The van der Waals surface area contributed by atoms with Crippen molar-refractivity contribution in [3.63, 3.8) is 0 Å². The van der Waals surface area contributed by atoms with Crippen LogP contribution in [0.1, 0.15) is 21.5 Å². The molecule has 7 nitrogen and oxygen atoms in total. The SMILES string of the molecule is O=C(Cl)c1cc([N+](=O)[O-])cc2c1-c1ccc([N+](=O)[O-])cc1C2. The lowest BCUT2D eigenvalue weighted by atomic mass is 9.99. The van der Waals surface area contributed by atoms with Gasteiger partial charge in [-0.2, -0.15) is 0 Å². The molecule has 0 atom stereocenters. The fraction of sp³-hybridized carbons (Fsp3) is 0.0714. The highest BCUT2D eigenvalue weighted by molar-refractivity contribution is 6.68. The van der Waals surface area contributed by atoms with Crippen molar-refractivity contribution in [1.82, 2.24) is 0 Å². The van der Waals surface area contributed by atoms with Crippen LogP contribution in [0.5, 0.6) is 0 Å². The van der Waals surface area contributed by atoms with E-state index in [1.807, 2.05) is 0 Å². The highest BCUT2D eigenvalue weighted by Crippen LogP contribution is 2.42. The minimum absolute atomic E-state index is 0.0402. The Morgan fingerprint density at radius 1 is 1.00 bits per heavy atom. The Bertz CT molecular complexity index is 863. The highest BCUT2D eigenvalue weighted by Gasteiger charge is 2.28. The van der Waals surface area contributed by atoms with Gasteiger partial charge in [0.05, 0.1) is 9.85 Å². The number of hydrogen-bond acceptors (Lipinski definition) is 5. The molecule has 2 aromatic rings. The monoisotopic (exact) mass is 318 g/mol.